The predicted molar refractivity (Wildman–Crippen MR) is 114 cm³/mol. The maximum absolute atomic E-state index is 6.22. The molecule has 0 atom stereocenters. The molecule has 27 heavy (non-hydrogen) atoms. The molecule has 1 aliphatic heterocycles. The Morgan fingerprint density at radius 1 is 1.11 bits per heavy atom. The molecule has 3 rings (SSSR count). The summed E-state index contributed by atoms with van der Waals surface area (Å²) < 4.78 is 20.4. The number of fused-ring (bicyclic) bond motifs is 1. The fraction of sp³-hybridized carbons (Fsp3) is 0.650. The molecule has 0 saturated carbocycles. The van der Waals surface area contributed by atoms with Gasteiger partial charge in [0.25, 0.3) is 0 Å². The molecule has 148 valence electrons. The molecule has 1 aliphatic rings. The molecule has 1 fully saturated rings. The van der Waals surface area contributed by atoms with Crippen LogP contribution in [0.2, 0.25) is 25.7 Å². The van der Waals surface area contributed by atoms with Gasteiger partial charge in [0, 0.05) is 14.7 Å². The first kappa shape index (κ1) is 20.6. The quantitative estimate of drug-likeness (QED) is 0.555. The van der Waals surface area contributed by atoms with Gasteiger partial charge in [-0.1, -0.05) is 19.6 Å². The van der Waals surface area contributed by atoms with E-state index in [1.165, 1.54) is 6.04 Å². The number of imidazole rings is 1. The van der Waals surface area contributed by atoms with Gasteiger partial charge in [0.15, 0.2) is 0 Å². The van der Waals surface area contributed by atoms with E-state index in [4.69, 9.17) is 14.0 Å². The minimum absolute atomic E-state index is 0.345. The lowest BCUT2D eigenvalue weighted by Gasteiger charge is -2.32. The molecule has 0 spiro atoms. The SMILES string of the molecule is Cc1cc2c(cc1B1OC(C)(C)C(C)(C)O1)ncn2COCC[Si](C)(C)C. The van der Waals surface area contributed by atoms with Crippen molar-refractivity contribution in [3.63, 3.8) is 0 Å². The van der Waals surface area contributed by atoms with Gasteiger partial charge in [0.05, 0.1) is 28.6 Å². The number of aromatic nitrogens is 2. The van der Waals surface area contributed by atoms with Crippen molar-refractivity contribution in [2.24, 2.45) is 0 Å². The molecule has 0 unspecified atom stereocenters. The zero-order valence-corrected chi connectivity index (χ0v) is 19.0. The second-order valence-electron chi connectivity index (χ2n) is 9.85. The van der Waals surface area contributed by atoms with E-state index in [0.717, 1.165) is 28.7 Å². The highest BCUT2D eigenvalue weighted by atomic mass is 28.3. The summed E-state index contributed by atoms with van der Waals surface area (Å²) in [6, 6.07) is 5.42. The van der Waals surface area contributed by atoms with Gasteiger partial charge < -0.3 is 18.6 Å². The molecule has 0 N–H and O–H groups in total. The summed E-state index contributed by atoms with van der Waals surface area (Å²) >= 11 is 0. The monoisotopic (exact) mass is 388 g/mol. The van der Waals surface area contributed by atoms with Gasteiger partial charge in [-0.3, -0.25) is 0 Å². The number of hydrogen-bond acceptors (Lipinski definition) is 4. The van der Waals surface area contributed by atoms with Crippen molar-refractivity contribution in [1.82, 2.24) is 9.55 Å². The van der Waals surface area contributed by atoms with Crippen LogP contribution in [0.1, 0.15) is 33.3 Å². The Hall–Kier alpha value is -1.15. The highest BCUT2D eigenvalue weighted by molar-refractivity contribution is 6.76. The lowest BCUT2D eigenvalue weighted by molar-refractivity contribution is 0.00578. The van der Waals surface area contributed by atoms with E-state index < -0.39 is 8.07 Å². The van der Waals surface area contributed by atoms with Crippen molar-refractivity contribution in [2.75, 3.05) is 6.61 Å². The van der Waals surface area contributed by atoms with Crippen LogP contribution >= 0.6 is 0 Å². The van der Waals surface area contributed by atoms with E-state index in [0.29, 0.717) is 6.73 Å². The van der Waals surface area contributed by atoms with Crippen molar-refractivity contribution in [1.29, 1.82) is 0 Å². The molecule has 0 bridgehead atoms. The summed E-state index contributed by atoms with van der Waals surface area (Å²) in [5, 5.41) is 0. The average Bonchev–Trinajstić information content (AvgIpc) is 2.99. The number of ether oxygens (including phenoxy) is 1. The van der Waals surface area contributed by atoms with Crippen LogP contribution in [-0.4, -0.2) is 42.6 Å². The van der Waals surface area contributed by atoms with Gasteiger partial charge >= 0.3 is 7.12 Å². The first-order valence-electron chi connectivity index (χ1n) is 9.78. The standard InChI is InChI=1S/C20H33BN2O3Si/c1-15-11-18-17(22-13-23(18)14-24-9-10-27(6,7)8)12-16(15)21-25-19(2,3)20(4,5)26-21/h11-13H,9-10,14H2,1-8H3. The molecule has 2 heterocycles. The van der Waals surface area contributed by atoms with Crippen LogP contribution in [0.25, 0.3) is 11.0 Å². The third kappa shape index (κ3) is 4.31. The molecule has 0 radical (unpaired) electrons. The minimum Gasteiger partial charge on any atom is -0.399 e. The maximum atomic E-state index is 6.22. The number of rotatable bonds is 6. The number of hydrogen-bond donors (Lipinski definition) is 0. The van der Waals surface area contributed by atoms with Crippen LogP contribution in [0.15, 0.2) is 18.5 Å². The van der Waals surface area contributed by atoms with E-state index >= 15 is 0 Å². The van der Waals surface area contributed by atoms with Crippen LogP contribution in [0.4, 0.5) is 0 Å². The summed E-state index contributed by atoms with van der Waals surface area (Å²) in [6.45, 7) is 18.8. The Morgan fingerprint density at radius 3 is 2.33 bits per heavy atom. The normalized spacial score (nSPS) is 19.2. The van der Waals surface area contributed by atoms with E-state index in [9.17, 15) is 0 Å². The van der Waals surface area contributed by atoms with E-state index in [-0.39, 0.29) is 18.3 Å². The van der Waals surface area contributed by atoms with Crippen molar-refractivity contribution in [3.05, 3.63) is 24.0 Å². The first-order valence-corrected chi connectivity index (χ1v) is 13.5. The molecule has 0 amide bonds. The Kier molecular flexibility index (Phi) is 5.36. The van der Waals surface area contributed by atoms with Crippen LogP contribution in [0, 0.1) is 6.92 Å². The summed E-state index contributed by atoms with van der Waals surface area (Å²) in [7, 11) is -1.43. The van der Waals surface area contributed by atoms with Crippen molar-refractivity contribution < 1.29 is 14.0 Å². The second kappa shape index (κ2) is 7.03. The highest BCUT2D eigenvalue weighted by Crippen LogP contribution is 2.36. The van der Waals surface area contributed by atoms with Crippen molar-refractivity contribution in [2.45, 2.75) is 78.2 Å². The van der Waals surface area contributed by atoms with Crippen LogP contribution < -0.4 is 5.46 Å². The fourth-order valence-electron chi connectivity index (χ4n) is 3.09. The third-order valence-electron chi connectivity index (χ3n) is 5.74. The van der Waals surface area contributed by atoms with Crippen LogP contribution in [-0.2, 0) is 20.8 Å². The van der Waals surface area contributed by atoms with Crippen LogP contribution in [0.5, 0.6) is 0 Å². The third-order valence-corrected chi connectivity index (χ3v) is 7.45. The molecular weight excluding hydrogens is 355 g/mol. The summed E-state index contributed by atoms with van der Waals surface area (Å²) in [5.74, 6) is 0. The smallest absolute Gasteiger partial charge is 0.399 e. The molecule has 0 aliphatic carbocycles. The highest BCUT2D eigenvalue weighted by Gasteiger charge is 2.52. The first-order chi connectivity index (χ1) is 12.4. The zero-order valence-electron chi connectivity index (χ0n) is 18.0. The summed E-state index contributed by atoms with van der Waals surface area (Å²) in [6.07, 6.45) is 1.85. The van der Waals surface area contributed by atoms with Crippen molar-refractivity contribution in [3.8, 4) is 0 Å². The second-order valence-corrected chi connectivity index (χ2v) is 15.5. The van der Waals surface area contributed by atoms with Gasteiger partial charge in [0.2, 0.25) is 0 Å². The number of nitrogens with zero attached hydrogens (tertiary/aromatic N) is 2. The van der Waals surface area contributed by atoms with E-state index in [2.05, 4.69) is 75.9 Å². The molecular formula is C20H33BN2O3Si. The minimum atomic E-state index is -1.07. The van der Waals surface area contributed by atoms with Crippen molar-refractivity contribution >= 4 is 31.7 Å². The number of aryl methyl sites for hydroxylation is 1. The van der Waals surface area contributed by atoms with Gasteiger partial charge in [-0.15, -0.1) is 0 Å². The summed E-state index contributed by atoms with van der Waals surface area (Å²) in [5.41, 5.74) is 3.53. The maximum Gasteiger partial charge on any atom is 0.495 e. The van der Waals surface area contributed by atoms with Gasteiger partial charge in [-0.2, -0.15) is 0 Å². The van der Waals surface area contributed by atoms with E-state index in [1.807, 2.05) is 6.33 Å². The molecule has 5 nitrogen and oxygen atoms in total. The Morgan fingerprint density at radius 2 is 1.74 bits per heavy atom. The van der Waals surface area contributed by atoms with E-state index in [1.54, 1.807) is 0 Å². The van der Waals surface area contributed by atoms with Crippen LogP contribution in [0.3, 0.4) is 0 Å². The summed E-state index contributed by atoms with van der Waals surface area (Å²) in [4.78, 5) is 4.57. The van der Waals surface area contributed by atoms with Gasteiger partial charge in [-0.05, 0) is 63.8 Å². The Bertz CT molecular complexity index is 810. The molecule has 1 saturated heterocycles. The largest absolute Gasteiger partial charge is 0.495 e. The molecule has 7 heteroatoms. The lowest BCUT2D eigenvalue weighted by atomic mass is 9.76. The predicted octanol–water partition coefficient (Wildman–Crippen LogP) is 3.96. The van der Waals surface area contributed by atoms with Gasteiger partial charge in [0.1, 0.15) is 6.73 Å². The lowest BCUT2D eigenvalue weighted by Crippen LogP contribution is -2.41. The molecule has 1 aromatic carbocycles. The average molecular weight is 388 g/mol. The molecule has 1 aromatic heterocycles. The topological polar surface area (TPSA) is 45.5 Å². The molecule has 2 aromatic rings. The Balaban J connectivity index is 1.77. The zero-order chi connectivity index (χ0) is 20.0. The fourth-order valence-corrected chi connectivity index (χ4v) is 3.85. The number of benzene rings is 1. The van der Waals surface area contributed by atoms with Gasteiger partial charge in [-0.25, -0.2) is 4.98 Å². The Labute approximate surface area is 164 Å².